The van der Waals surface area contributed by atoms with Gasteiger partial charge < -0.3 is 10.4 Å². The molecule has 0 spiro atoms. The molecule has 1 atom stereocenters. The van der Waals surface area contributed by atoms with Crippen molar-refractivity contribution in [3.63, 3.8) is 0 Å². The fraction of sp³-hybridized carbons (Fsp3) is 0.900. The highest BCUT2D eigenvalue weighted by Gasteiger charge is 2.11. The van der Waals surface area contributed by atoms with Gasteiger partial charge in [0, 0.05) is 6.42 Å². The lowest BCUT2D eigenvalue weighted by Gasteiger charge is -2.17. The summed E-state index contributed by atoms with van der Waals surface area (Å²) in [5, 5.41) is 11.8. The van der Waals surface area contributed by atoms with Crippen LogP contribution in [0.2, 0.25) is 0 Å². The van der Waals surface area contributed by atoms with Gasteiger partial charge in [-0.2, -0.15) is 0 Å². The molecule has 0 saturated heterocycles. The van der Waals surface area contributed by atoms with Gasteiger partial charge in [0.1, 0.15) is 0 Å². The summed E-state index contributed by atoms with van der Waals surface area (Å²) in [7, 11) is 0. The van der Waals surface area contributed by atoms with E-state index < -0.39 is 0 Å². The minimum Gasteiger partial charge on any atom is -0.394 e. The van der Waals surface area contributed by atoms with Crippen molar-refractivity contribution < 1.29 is 9.90 Å². The lowest BCUT2D eigenvalue weighted by Crippen LogP contribution is -2.38. The minimum atomic E-state index is -0.0703. The van der Waals surface area contributed by atoms with Crippen molar-refractivity contribution in [1.29, 1.82) is 0 Å². The zero-order valence-corrected chi connectivity index (χ0v) is 8.84. The van der Waals surface area contributed by atoms with Gasteiger partial charge in [-0.1, -0.05) is 20.8 Å². The first-order valence-electron chi connectivity index (χ1n) is 5.00. The van der Waals surface area contributed by atoms with Gasteiger partial charge in [0.05, 0.1) is 12.6 Å². The van der Waals surface area contributed by atoms with Crippen LogP contribution in [-0.4, -0.2) is 23.7 Å². The molecule has 0 radical (unpaired) electrons. The van der Waals surface area contributed by atoms with Crippen molar-refractivity contribution in [2.75, 3.05) is 6.61 Å². The van der Waals surface area contributed by atoms with Gasteiger partial charge in [0.25, 0.3) is 0 Å². The standard InChI is InChI=1S/C10H21NO2/c1-4-5-10(13)11-9(7-12)6-8(2)3/h8-9,12H,4-7H2,1-3H3,(H,11,13). The highest BCUT2D eigenvalue weighted by Crippen LogP contribution is 2.04. The van der Waals surface area contributed by atoms with E-state index in [9.17, 15) is 4.79 Å². The molecule has 0 aliphatic heterocycles. The van der Waals surface area contributed by atoms with Crippen LogP contribution in [0.3, 0.4) is 0 Å². The predicted molar refractivity (Wildman–Crippen MR) is 53.4 cm³/mol. The van der Waals surface area contributed by atoms with Crippen molar-refractivity contribution in [3.8, 4) is 0 Å². The Labute approximate surface area is 80.5 Å². The second-order valence-electron chi connectivity index (χ2n) is 3.83. The molecule has 0 aliphatic carbocycles. The smallest absolute Gasteiger partial charge is 0.220 e. The van der Waals surface area contributed by atoms with Crippen molar-refractivity contribution in [3.05, 3.63) is 0 Å². The van der Waals surface area contributed by atoms with Crippen LogP contribution in [-0.2, 0) is 4.79 Å². The largest absolute Gasteiger partial charge is 0.394 e. The highest BCUT2D eigenvalue weighted by atomic mass is 16.3. The van der Waals surface area contributed by atoms with Gasteiger partial charge in [-0.3, -0.25) is 4.79 Å². The number of aliphatic hydroxyl groups is 1. The van der Waals surface area contributed by atoms with Crippen LogP contribution in [0.4, 0.5) is 0 Å². The molecule has 13 heavy (non-hydrogen) atoms. The van der Waals surface area contributed by atoms with Crippen molar-refractivity contribution in [2.45, 2.75) is 46.1 Å². The molecule has 1 unspecified atom stereocenters. The second kappa shape index (κ2) is 6.89. The molecule has 0 heterocycles. The SMILES string of the molecule is CCCC(=O)NC(CO)CC(C)C. The summed E-state index contributed by atoms with van der Waals surface area (Å²) in [6.07, 6.45) is 2.24. The van der Waals surface area contributed by atoms with Gasteiger partial charge in [0.2, 0.25) is 5.91 Å². The van der Waals surface area contributed by atoms with Gasteiger partial charge in [-0.25, -0.2) is 0 Å². The molecule has 0 saturated carbocycles. The van der Waals surface area contributed by atoms with Crippen LogP contribution in [0, 0.1) is 5.92 Å². The van der Waals surface area contributed by atoms with Crippen molar-refractivity contribution in [2.24, 2.45) is 5.92 Å². The molecule has 78 valence electrons. The number of amides is 1. The van der Waals surface area contributed by atoms with E-state index in [0.29, 0.717) is 12.3 Å². The number of hydrogen-bond acceptors (Lipinski definition) is 2. The molecule has 0 aliphatic rings. The molecule has 1 amide bonds. The van der Waals surface area contributed by atoms with Crippen LogP contribution in [0.5, 0.6) is 0 Å². The molecule has 0 fully saturated rings. The summed E-state index contributed by atoms with van der Waals surface area (Å²) in [5.74, 6) is 0.543. The van der Waals surface area contributed by atoms with E-state index in [2.05, 4.69) is 19.2 Å². The maximum absolute atomic E-state index is 11.2. The first-order chi connectivity index (χ1) is 6.10. The monoisotopic (exact) mass is 187 g/mol. The lowest BCUT2D eigenvalue weighted by atomic mass is 10.0. The van der Waals surface area contributed by atoms with Gasteiger partial charge >= 0.3 is 0 Å². The minimum absolute atomic E-state index is 0.0354. The molecule has 0 aromatic rings. The van der Waals surface area contributed by atoms with Crippen LogP contribution < -0.4 is 5.32 Å². The quantitative estimate of drug-likeness (QED) is 0.658. The van der Waals surface area contributed by atoms with Crippen LogP contribution in [0.25, 0.3) is 0 Å². The predicted octanol–water partition coefficient (Wildman–Crippen LogP) is 1.31. The van der Waals surface area contributed by atoms with E-state index in [4.69, 9.17) is 5.11 Å². The molecular formula is C10H21NO2. The Balaban J connectivity index is 3.76. The zero-order chi connectivity index (χ0) is 10.3. The molecule has 0 aromatic carbocycles. The molecular weight excluding hydrogens is 166 g/mol. The Hall–Kier alpha value is -0.570. The average molecular weight is 187 g/mol. The van der Waals surface area contributed by atoms with Gasteiger partial charge in [-0.15, -0.1) is 0 Å². The maximum atomic E-state index is 11.2. The summed E-state index contributed by atoms with van der Waals surface area (Å²) < 4.78 is 0. The number of rotatable bonds is 6. The Morgan fingerprint density at radius 2 is 2.08 bits per heavy atom. The molecule has 3 nitrogen and oxygen atoms in total. The number of aliphatic hydroxyl groups excluding tert-OH is 1. The summed E-state index contributed by atoms with van der Waals surface area (Å²) in [6.45, 7) is 6.16. The lowest BCUT2D eigenvalue weighted by molar-refractivity contribution is -0.122. The highest BCUT2D eigenvalue weighted by molar-refractivity contribution is 5.76. The third kappa shape index (κ3) is 6.58. The Bertz CT molecular complexity index is 146. The first kappa shape index (κ1) is 12.4. The summed E-state index contributed by atoms with van der Waals surface area (Å²) in [5.41, 5.74) is 0. The van der Waals surface area contributed by atoms with Crippen LogP contribution in [0.1, 0.15) is 40.0 Å². The summed E-state index contributed by atoms with van der Waals surface area (Å²) >= 11 is 0. The van der Waals surface area contributed by atoms with E-state index in [0.717, 1.165) is 12.8 Å². The number of hydrogen-bond donors (Lipinski definition) is 2. The Kier molecular flexibility index (Phi) is 6.59. The molecule has 2 N–H and O–H groups in total. The summed E-state index contributed by atoms with van der Waals surface area (Å²) in [4.78, 5) is 11.2. The second-order valence-corrected chi connectivity index (χ2v) is 3.83. The zero-order valence-electron chi connectivity index (χ0n) is 8.84. The molecule has 0 aromatic heterocycles. The number of nitrogens with one attached hydrogen (secondary N) is 1. The van der Waals surface area contributed by atoms with Crippen molar-refractivity contribution in [1.82, 2.24) is 5.32 Å². The van der Waals surface area contributed by atoms with E-state index in [-0.39, 0.29) is 18.6 Å². The average Bonchev–Trinajstić information content (AvgIpc) is 2.02. The van der Waals surface area contributed by atoms with Crippen LogP contribution in [0.15, 0.2) is 0 Å². The molecule has 3 heteroatoms. The van der Waals surface area contributed by atoms with E-state index in [1.54, 1.807) is 0 Å². The van der Waals surface area contributed by atoms with Gasteiger partial charge in [0.15, 0.2) is 0 Å². The molecule has 0 bridgehead atoms. The topological polar surface area (TPSA) is 49.3 Å². The van der Waals surface area contributed by atoms with Gasteiger partial charge in [-0.05, 0) is 18.8 Å². The van der Waals surface area contributed by atoms with Crippen LogP contribution >= 0.6 is 0 Å². The Morgan fingerprint density at radius 1 is 1.46 bits per heavy atom. The number of carbonyl (C=O) groups excluding carboxylic acids is 1. The fourth-order valence-electron chi connectivity index (χ4n) is 1.28. The summed E-state index contributed by atoms with van der Waals surface area (Å²) in [6, 6.07) is -0.0703. The third-order valence-electron chi connectivity index (χ3n) is 1.82. The Morgan fingerprint density at radius 3 is 2.46 bits per heavy atom. The maximum Gasteiger partial charge on any atom is 0.220 e. The van der Waals surface area contributed by atoms with E-state index >= 15 is 0 Å². The number of carbonyl (C=O) groups is 1. The molecule has 0 rings (SSSR count). The third-order valence-corrected chi connectivity index (χ3v) is 1.82. The fourth-order valence-corrected chi connectivity index (χ4v) is 1.28. The van der Waals surface area contributed by atoms with E-state index in [1.165, 1.54) is 0 Å². The normalized spacial score (nSPS) is 13.0. The van der Waals surface area contributed by atoms with E-state index in [1.807, 2.05) is 6.92 Å². The first-order valence-corrected chi connectivity index (χ1v) is 5.00. The van der Waals surface area contributed by atoms with Crippen molar-refractivity contribution >= 4 is 5.91 Å².